The highest BCUT2D eigenvalue weighted by Crippen LogP contribution is 2.14. The number of nitrogen functional groups attached to an aromatic ring is 1. The Hall–Kier alpha value is -1.62. The fraction of sp³-hybridized carbons (Fsp3) is 0.400. The first-order valence-corrected chi connectivity index (χ1v) is 4.70. The standard InChI is InChI=1S/C10H16N4O/c1-7(6-15)14(2)8-3-4-13-9(5-8)10(11)12/h3-5,7,15H,6H2,1-2H3,(H3,11,12). The molecule has 0 aromatic carbocycles. The Bertz CT molecular complexity index is 353. The van der Waals surface area contributed by atoms with E-state index < -0.39 is 0 Å². The summed E-state index contributed by atoms with van der Waals surface area (Å²) in [6.45, 7) is 1.99. The molecule has 0 aliphatic carbocycles. The maximum atomic E-state index is 9.02. The predicted octanol–water partition coefficient (Wildman–Crippen LogP) is 0.183. The van der Waals surface area contributed by atoms with E-state index in [0.717, 1.165) is 5.69 Å². The minimum absolute atomic E-state index is 0.0206. The Labute approximate surface area is 89.1 Å². The summed E-state index contributed by atoms with van der Waals surface area (Å²) in [5.74, 6) is -0.0538. The number of amidine groups is 1. The van der Waals surface area contributed by atoms with Gasteiger partial charge in [-0.05, 0) is 19.1 Å². The van der Waals surface area contributed by atoms with Gasteiger partial charge in [0, 0.05) is 25.0 Å². The molecular formula is C10H16N4O. The van der Waals surface area contributed by atoms with Crippen molar-refractivity contribution in [1.82, 2.24) is 4.98 Å². The van der Waals surface area contributed by atoms with Gasteiger partial charge >= 0.3 is 0 Å². The first-order valence-electron chi connectivity index (χ1n) is 4.70. The van der Waals surface area contributed by atoms with Crippen molar-refractivity contribution in [2.24, 2.45) is 5.73 Å². The summed E-state index contributed by atoms with van der Waals surface area (Å²) in [5, 5.41) is 16.3. The number of hydrogen-bond acceptors (Lipinski definition) is 4. The maximum Gasteiger partial charge on any atom is 0.141 e. The van der Waals surface area contributed by atoms with Crippen molar-refractivity contribution in [3.63, 3.8) is 0 Å². The molecule has 4 N–H and O–H groups in total. The summed E-state index contributed by atoms with van der Waals surface area (Å²) in [6, 6.07) is 3.57. The van der Waals surface area contributed by atoms with Crippen LogP contribution < -0.4 is 10.6 Å². The van der Waals surface area contributed by atoms with Crippen LogP contribution in [0.3, 0.4) is 0 Å². The topological polar surface area (TPSA) is 86.2 Å². The fourth-order valence-electron chi connectivity index (χ4n) is 1.16. The SMILES string of the molecule is CC(CO)N(C)c1ccnc(C(=N)N)c1. The van der Waals surface area contributed by atoms with Crippen LogP contribution in [0.4, 0.5) is 5.69 Å². The van der Waals surface area contributed by atoms with Gasteiger partial charge in [0.25, 0.3) is 0 Å². The van der Waals surface area contributed by atoms with Gasteiger partial charge in [-0.1, -0.05) is 0 Å². The number of rotatable bonds is 4. The third-order valence-corrected chi connectivity index (χ3v) is 2.35. The number of anilines is 1. The van der Waals surface area contributed by atoms with E-state index in [-0.39, 0.29) is 18.5 Å². The van der Waals surface area contributed by atoms with E-state index in [1.165, 1.54) is 0 Å². The van der Waals surface area contributed by atoms with E-state index in [1.807, 2.05) is 24.9 Å². The van der Waals surface area contributed by atoms with E-state index in [4.69, 9.17) is 16.2 Å². The van der Waals surface area contributed by atoms with Gasteiger partial charge in [0.15, 0.2) is 0 Å². The zero-order valence-electron chi connectivity index (χ0n) is 8.94. The first kappa shape index (κ1) is 11.5. The highest BCUT2D eigenvalue weighted by Gasteiger charge is 2.09. The van der Waals surface area contributed by atoms with Gasteiger partial charge in [-0.25, -0.2) is 0 Å². The van der Waals surface area contributed by atoms with E-state index in [1.54, 1.807) is 12.3 Å². The molecule has 0 saturated carbocycles. The van der Waals surface area contributed by atoms with E-state index in [0.29, 0.717) is 5.69 Å². The number of pyridine rings is 1. The van der Waals surface area contributed by atoms with Crippen LogP contribution in [-0.2, 0) is 0 Å². The molecule has 1 atom stereocenters. The monoisotopic (exact) mass is 208 g/mol. The quantitative estimate of drug-likeness (QED) is 0.486. The maximum absolute atomic E-state index is 9.02. The van der Waals surface area contributed by atoms with Crippen molar-refractivity contribution in [2.75, 3.05) is 18.6 Å². The van der Waals surface area contributed by atoms with E-state index in [2.05, 4.69) is 4.98 Å². The van der Waals surface area contributed by atoms with Crippen molar-refractivity contribution < 1.29 is 5.11 Å². The molecule has 15 heavy (non-hydrogen) atoms. The summed E-state index contributed by atoms with van der Waals surface area (Å²) < 4.78 is 0. The van der Waals surface area contributed by atoms with Crippen molar-refractivity contribution >= 4 is 11.5 Å². The van der Waals surface area contributed by atoms with Crippen LogP contribution in [0.1, 0.15) is 12.6 Å². The van der Waals surface area contributed by atoms with Gasteiger partial charge < -0.3 is 15.7 Å². The second-order valence-electron chi connectivity index (χ2n) is 3.46. The number of aromatic nitrogens is 1. The Kier molecular flexibility index (Phi) is 3.62. The molecule has 1 heterocycles. The van der Waals surface area contributed by atoms with Gasteiger partial charge in [-0.15, -0.1) is 0 Å². The molecule has 1 aromatic rings. The number of nitrogens with zero attached hydrogens (tertiary/aromatic N) is 2. The second kappa shape index (κ2) is 4.75. The molecule has 0 fully saturated rings. The van der Waals surface area contributed by atoms with Gasteiger partial charge in [-0.2, -0.15) is 0 Å². The normalized spacial score (nSPS) is 12.2. The van der Waals surface area contributed by atoms with Crippen LogP contribution in [-0.4, -0.2) is 35.6 Å². The highest BCUT2D eigenvalue weighted by molar-refractivity contribution is 5.93. The van der Waals surface area contributed by atoms with Gasteiger partial charge in [0.1, 0.15) is 11.5 Å². The molecule has 1 rings (SSSR count). The molecular weight excluding hydrogens is 192 g/mol. The smallest absolute Gasteiger partial charge is 0.141 e. The summed E-state index contributed by atoms with van der Waals surface area (Å²) in [5.41, 5.74) is 6.68. The number of likely N-dealkylation sites (N-methyl/N-ethyl adjacent to an activating group) is 1. The predicted molar refractivity (Wildman–Crippen MR) is 60.2 cm³/mol. The molecule has 5 nitrogen and oxygen atoms in total. The van der Waals surface area contributed by atoms with Crippen molar-refractivity contribution in [3.05, 3.63) is 24.0 Å². The second-order valence-corrected chi connectivity index (χ2v) is 3.46. The molecule has 0 amide bonds. The van der Waals surface area contributed by atoms with Crippen molar-refractivity contribution in [1.29, 1.82) is 5.41 Å². The largest absolute Gasteiger partial charge is 0.394 e. The lowest BCUT2D eigenvalue weighted by Crippen LogP contribution is -2.32. The molecule has 0 radical (unpaired) electrons. The van der Waals surface area contributed by atoms with E-state index in [9.17, 15) is 0 Å². The van der Waals surface area contributed by atoms with Crippen LogP contribution in [0.5, 0.6) is 0 Å². The Morgan fingerprint density at radius 3 is 2.93 bits per heavy atom. The Morgan fingerprint density at radius 1 is 1.73 bits per heavy atom. The first-order chi connectivity index (χ1) is 7.06. The fourth-order valence-corrected chi connectivity index (χ4v) is 1.16. The molecule has 0 aliphatic heterocycles. The molecule has 0 spiro atoms. The third kappa shape index (κ3) is 2.66. The average molecular weight is 208 g/mol. The van der Waals surface area contributed by atoms with Crippen LogP contribution in [0.25, 0.3) is 0 Å². The lowest BCUT2D eigenvalue weighted by molar-refractivity contribution is 0.270. The molecule has 1 unspecified atom stereocenters. The molecule has 1 aromatic heterocycles. The molecule has 82 valence electrons. The number of hydrogen-bond donors (Lipinski definition) is 3. The number of aliphatic hydroxyl groups excluding tert-OH is 1. The van der Waals surface area contributed by atoms with Crippen LogP contribution in [0.2, 0.25) is 0 Å². The van der Waals surface area contributed by atoms with Crippen molar-refractivity contribution in [2.45, 2.75) is 13.0 Å². The van der Waals surface area contributed by atoms with Gasteiger partial charge in [0.05, 0.1) is 6.61 Å². The number of nitrogens with one attached hydrogen (secondary N) is 1. The summed E-state index contributed by atoms with van der Waals surface area (Å²) >= 11 is 0. The lowest BCUT2D eigenvalue weighted by atomic mass is 10.2. The number of nitrogens with two attached hydrogens (primary N) is 1. The van der Waals surface area contributed by atoms with E-state index >= 15 is 0 Å². The third-order valence-electron chi connectivity index (χ3n) is 2.35. The molecule has 0 bridgehead atoms. The zero-order valence-corrected chi connectivity index (χ0v) is 8.94. The zero-order chi connectivity index (χ0) is 11.4. The lowest BCUT2D eigenvalue weighted by Gasteiger charge is -2.25. The highest BCUT2D eigenvalue weighted by atomic mass is 16.3. The molecule has 0 aliphatic rings. The number of aliphatic hydroxyl groups is 1. The Morgan fingerprint density at radius 2 is 2.40 bits per heavy atom. The molecule has 5 heteroatoms. The Balaban J connectivity index is 2.94. The van der Waals surface area contributed by atoms with Crippen molar-refractivity contribution in [3.8, 4) is 0 Å². The van der Waals surface area contributed by atoms with Gasteiger partial charge in [-0.3, -0.25) is 10.4 Å². The summed E-state index contributed by atoms with van der Waals surface area (Å²) in [7, 11) is 1.88. The van der Waals surface area contributed by atoms with Crippen LogP contribution in [0.15, 0.2) is 18.3 Å². The summed E-state index contributed by atoms with van der Waals surface area (Å²) in [6.07, 6.45) is 1.60. The summed E-state index contributed by atoms with van der Waals surface area (Å²) in [4.78, 5) is 5.88. The van der Waals surface area contributed by atoms with Crippen LogP contribution in [0, 0.1) is 5.41 Å². The minimum atomic E-state index is -0.0538. The van der Waals surface area contributed by atoms with Gasteiger partial charge in [0.2, 0.25) is 0 Å². The minimum Gasteiger partial charge on any atom is -0.394 e. The molecule has 0 saturated heterocycles. The van der Waals surface area contributed by atoms with Crippen LogP contribution >= 0.6 is 0 Å². The average Bonchev–Trinajstić information content (AvgIpc) is 2.27.